The van der Waals surface area contributed by atoms with Crippen molar-refractivity contribution in [3.05, 3.63) is 57.8 Å². The second-order valence-electron chi connectivity index (χ2n) is 4.45. The van der Waals surface area contributed by atoms with Gasteiger partial charge in [0.15, 0.2) is 5.82 Å². The number of nitrogens with zero attached hydrogens (tertiary/aromatic N) is 2. The van der Waals surface area contributed by atoms with Gasteiger partial charge in [0.25, 0.3) is 0 Å². The third-order valence-corrected chi connectivity index (χ3v) is 4.05. The van der Waals surface area contributed by atoms with Crippen LogP contribution >= 0.6 is 15.9 Å². The van der Waals surface area contributed by atoms with Crippen molar-refractivity contribution in [1.29, 1.82) is 5.26 Å². The Morgan fingerprint density at radius 3 is 2.40 bits per heavy atom. The van der Waals surface area contributed by atoms with E-state index in [4.69, 9.17) is 5.26 Å². The second kappa shape index (κ2) is 6.06. The van der Waals surface area contributed by atoms with Crippen LogP contribution in [-0.2, 0) is 6.42 Å². The van der Waals surface area contributed by atoms with E-state index in [1.54, 1.807) is 24.1 Å². The summed E-state index contributed by atoms with van der Waals surface area (Å²) in [6, 6.07) is 13.2. The highest BCUT2D eigenvalue weighted by molar-refractivity contribution is 9.10. The van der Waals surface area contributed by atoms with Crippen molar-refractivity contribution < 1.29 is 4.39 Å². The Hall–Kier alpha value is -1.86. The molecule has 0 amide bonds. The normalized spacial score (nSPS) is 10.2. The Morgan fingerprint density at radius 1 is 1.20 bits per heavy atom. The number of benzene rings is 2. The highest BCUT2D eigenvalue weighted by atomic mass is 79.9. The fourth-order valence-corrected chi connectivity index (χ4v) is 2.40. The molecule has 2 rings (SSSR count). The van der Waals surface area contributed by atoms with Crippen LogP contribution in [-0.4, -0.2) is 7.05 Å². The molecule has 0 saturated heterocycles. The van der Waals surface area contributed by atoms with Gasteiger partial charge in [0.2, 0.25) is 0 Å². The van der Waals surface area contributed by atoms with E-state index in [-0.39, 0.29) is 4.47 Å². The van der Waals surface area contributed by atoms with Crippen LogP contribution in [0.4, 0.5) is 15.8 Å². The van der Waals surface area contributed by atoms with E-state index in [2.05, 4.69) is 22.9 Å². The Labute approximate surface area is 126 Å². The Morgan fingerprint density at radius 2 is 1.85 bits per heavy atom. The van der Waals surface area contributed by atoms with E-state index in [0.717, 1.165) is 12.1 Å². The fraction of sp³-hybridized carbons (Fsp3) is 0.188. The number of anilines is 2. The van der Waals surface area contributed by atoms with E-state index in [1.807, 2.05) is 30.3 Å². The monoisotopic (exact) mass is 332 g/mol. The minimum Gasteiger partial charge on any atom is -0.342 e. The maximum atomic E-state index is 14.3. The summed E-state index contributed by atoms with van der Waals surface area (Å²) in [7, 11) is 1.80. The first-order valence-electron chi connectivity index (χ1n) is 6.29. The highest BCUT2D eigenvalue weighted by Gasteiger charge is 2.15. The predicted molar refractivity (Wildman–Crippen MR) is 82.7 cm³/mol. The van der Waals surface area contributed by atoms with E-state index >= 15 is 0 Å². The molecule has 0 aliphatic carbocycles. The fourth-order valence-electron chi connectivity index (χ4n) is 1.98. The molecule has 102 valence electrons. The molecule has 0 aliphatic heterocycles. The third-order valence-electron chi connectivity index (χ3n) is 3.28. The van der Waals surface area contributed by atoms with Gasteiger partial charge in [-0.1, -0.05) is 19.1 Å². The molecule has 2 aromatic carbocycles. The number of halogens is 2. The molecule has 0 heterocycles. The molecule has 0 aromatic heterocycles. The maximum Gasteiger partial charge on any atom is 0.162 e. The lowest BCUT2D eigenvalue weighted by Crippen LogP contribution is -2.11. The average Bonchev–Trinajstić information content (AvgIpc) is 2.49. The van der Waals surface area contributed by atoms with Crippen LogP contribution in [0.3, 0.4) is 0 Å². The topological polar surface area (TPSA) is 27.0 Å². The minimum absolute atomic E-state index is 0.203. The summed E-state index contributed by atoms with van der Waals surface area (Å²) in [6.07, 6.45) is 0.973. The SMILES string of the molecule is CCc1ccc(N(C)c2ccc(C#N)c(Br)c2F)cc1. The van der Waals surface area contributed by atoms with Gasteiger partial charge in [0.1, 0.15) is 6.07 Å². The number of hydrogen-bond donors (Lipinski definition) is 0. The van der Waals surface area contributed by atoms with Crippen LogP contribution in [0, 0.1) is 17.1 Å². The molecule has 0 unspecified atom stereocenters. The molecule has 2 nitrogen and oxygen atoms in total. The van der Waals surface area contributed by atoms with Crippen LogP contribution in [0.25, 0.3) is 0 Å². The van der Waals surface area contributed by atoms with Gasteiger partial charge < -0.3 is 4.90 Å². The van der Waals surface area contributed by atoms with Crippen molar-refractivity contribution in [1.82, 2.24) is 0 Å². The maximum absolute atomic E-state index is 14.3. The van der Waals surface area contributed by atoms with Crippen molar-refractivity contribution in [2.75, 3.05) is 11.9 Å². The molecule has 0 bridgehead atoms. The zero-order chi connectivity index (χ0) is 14.7. The third kappa shape index (κ3) is 2.68. The van der Waals surface area contributed by atoms with Gasteiger partial charge in [-0.05, 0) is 52.2 Å². The molecule has 0 radical (unpaired) electrons. The number of aryl methyl sites for hydroxylation is 1. The van der Waals surface area contributed by atoms with E-state index in [0.29, 0.717) is 11.3 Å². The quantitative estimate of drug-likeness (QED) is 0.807. The molecule has 0 spiro atoms. The highest BCUT2D eigenvalue weighted by Crippen LogP contribution is 2.32. The van der Waals surface area contributed by atoms with Crippen molar-refractivity contribution in [2.24, 2.45) is 0 Å². The molecular weight excluding hydrogens is 319 g/mol. The summed E-state index contributed by atoms with van der Waals surface area (Å²) in [6.45, 7) is 2.09. The summed E-state index contributed by atoms with van der Waals surface area (Å²) in [5.74, 6) is -0.425. The van der Waals surface area contributed by atoms with Crippen LogP contribution in [0.1, 0.15) is 18.1 Å². The van der Waals surface area contributed by atoms with Crippen LogP contribution < -0.4 is 4.90 Å². The molecule has 0 fully saturated rings. The average molecular weight is 333 g/mol. The molecule has 0 saturated carbocycles. The van der Waals surface area contributed by atoms with Crippen molar-refractivity contribution in [3.8, 4) is 6.07 Å². The van der Waals surface area contributed by atoms with Crippen molar-refractivity contribution >= 4 is 27.3 Å². The predicted octanol–water partition coefficient (Wildman–Crippen LogP) is 4.79. The minimum atomic E-state index is -0.425. The Kier molecular flexibility index (Phi) is 4.41. The number of hydrogen-bond acceptors (Lipinski definition) is 2. The van der Waals surface area contributed by atoms with E-state index in [1.165, 1.54) is 5.56 Å². The van der Waals surface area contributed by atoms with Crippen LogP contribution in [0.5, 0.6) is 0 Å². The van der Waals surface area contributed by atoms with Gasteiger partial charge >= 0.3 is 0 Å². The first-order valence-corrected chi connectivity index (χ1v) is 7.08. The number of nitriles is 1. The van der Waals surface area contributed by atoms with Crippen molar-refractivity contribution in [3.63, 3.8) is 0 Å². The Balaban J connectivity index is 2.40. The van der Waals surface area contributed by atoms with Crippen LogP contribution in [0.15, 0.2) is 40.9 Å². The van der Waals surface area contributed by atoms with Gasteiger partial charge in [-0.3, -0.25) is 0 Å². The summed E-state index contributed by atoms with van der Waals surface area (Å²) >= 11 is 3.13. The summed E-state index contributed by atoms with van der Waals surface area (Å²) in [4.78, 5) is 1.76. The molecule has 2 aromatic rings. The standard InChI is InChI=1S/C16H14BrFN2/c1-3-11-4-7-13(8-5-11)20(2)14-9-6-12(10-19)15(17)16(14)18/h4-9H,3H2,1-2H3. The molecule has 0 atom stereocenters. The molecule has 20 heavy (non-hydrogen) atoms. The summed E-state index contributed by atoms with van der Waals surface area (Å²) in [5.41, 5.74) is 2.86. The van der Waals surface area contributed by atoms with Crippen molar-refractivity contribution in [2.45, 2.75) is 13.3 Å². The van der Waals surface area contributed by atoms with Gasteiger partial charge in [0.05, 0.1) is 15.7 Å². The lowest BCUT2D eigenvalue weighted by Gasteiger charge is -2.21. The first-order chi connectivity index (χ1) is 9.58. The number of rotatable bonds is 3. The zero-order valence-electron chi connectivity index (χ0n) is 11.3. The Bertz CT molecular complexity index is 659. The molecular formula is C16H14BrFN2. The summed E-state index contributed by atoms with van der Waals surface area (Å²) < 4.78 is 14.5. The molecule has 0 N–H and O–H groups in total. The molecule has 0 aliphatic rings. The lowest BCUT2D eigenvalue weighted by molar-refractivity contribution is 0.620. The van der Waals surface area contributed by atoms with Crippen LogP contribution in [0.2, 0.25) is 0 Å². The molecule has 4 heteroatoms. The van der Waals surface area contributed by atoms with Gasteiger partial charge in [0, 0.05) is 12.7 Å². The van der Waals surface area contributed by atoms with Gasteiger partial charge in [-0.2, -0.15) is 5.26 Å². The zero-order valence-corrected chi connectivity index (χ0v) is 12.9. The smallest absolute Gasteiger partial charge is 0.162 e. The van der Waals surface area contributed by atoms with Gasteiger partial charge in [-0.25, -0.2) is 4.39 Å². The van der Waals surface area contributed by atoms with E-state index in [9.17, 15) is 4.39 Å². The van der Waals surface area contributed by atoms with Gasteiger partial charge in [-0.15, -0.1) is 0 Å². The van der Waals surface area contributed by atoms with E-state index < -0.39 is 5.82 Å². The lowest BCUT2D eigenvalue weighted by atomic mass is 10.1. The first kappa shape index (κ1) is 14.5. The largest absolute Gasteiger partial charge is 0.342 e. The summed E-state index contributed by atoms with van der Waals surface area (Å²) in [5, 5.41) is 8.89. The second-order valence-corrected chi connectivity index (χ2v) is 5.24.